The van der Waals surface area contributed by atoms with Crippen LogP contribution < -0.4 is 0 Å². The molecule has 3 nitrogen and oxygen atoms in total. The second-order valence-electron chi connectivity index (χ2n) is 4.74. The van der Waals surface area contributed by atoms with Crippen molar-refractivity contribution in [2.45, 2.75) is 19.5 Å². The Morgan fingerprint density at radius 2 is 2.11 bits per heavy atom. The average Bonchev–Trinajstić information content (AvgIpc) is 3.01. The maximum atomic E-state index is 12.9. The number of aromatic nitrogens is 1. The van der Waals surface area contributed by atoms with Crippen LogP contribution in [0.5, 0.6) is 0 Å². The van der Waals surface area contributed by atoms with E-state index in [1.54, 1.807) is 12.1 Å². The number of aliphatic imine (C=N–C) groups is 1. The number of hydrogen-bond donors (Lipinski definition) is 0. The highest BCUT2D eigenvalue weighted by atomic mass is 19.1. The van der Waals surface area contributed by atoms with E-state index in [9.17, 15) is 4.39 Å². The maximum absolute atomic E-state index is 12.9. The Balaban J connectivity index is 1.84. The Morgan fingerprint density at radius 3 is 2.79 bits per heavy atom. The fourth-order valence-electron chi connectivity index (χ4n) is 2.15. The Kier molecular flexibility index (Phi) is 3.07. The summed E-state index contributed by atoms with van der Waals surface area (Å²) < 4.78 is 20.5. The molecular weight excluding hydrogens is 243 g/mol. The summed E-state index contributed by atoms with van der Waals surface area (Å²) in [6.45, 7) is 3.34. The zero-order valence-electron chi connectivity index (χ0n) is 10.7. The minimum Gasteiger partial charge on any atom is -0.474 e. The summed E-state index contributed by atoms with van der Waals surface area (Å²) in [7, 11) is 0. The first-order valence-electron chi connectivity index (χ1n) is 6.33. The van der Waals surface area contributed by atoms with E-state index < -0.39 is 0 Å². The van der Waals surface area contributed by atoms with Crippen molar-refractivity contribution < 1.29 is 9.13 Å². The highest BCUT2D eigenvalue weighted by Crippen LogP contribution is 2.14. The molecule has 0 fully saturated rings. The first-order valence-corrected chi connectivity index (χ1v) is 6.33. The van der Waals surface area contributed by atoms with Gasteiger partial charge in [0.2, 0.25) is 5.90 Å². The maximum Gasteiger partial charge on any atom is 0.233 e. The van der Waals surface area contributed by atoms with Gasteiger partial charge in [-0.25, -0.2) is 9.38 Å². The van der Waals surface area contributed by atoms with E-state index in [0.717, 1.165) is 11.3 Å². The average molecular weight is 258 g/mol. The molecule has 1 aromatic carbocycles. The van der Waals surface area contributed by atoms with Crippen molar-refractivity contribution in [1.29, 1.82) is 0 Å². The molecule has 4 heteroatoms. The van der Waals surface area contributed by atoms with Gasteiger partial charge in [0.15, 0.2) is 0 Å². The third kappa shape index (κ3) is 2.52. The largest absolute Gasteiger partial charge is 0.474 e. The number of hydrogen-bond acceptors (Lipinski definition) is 2. The molecule has 0 aliphatic carbocycles. The van der Waals surface area contributed by atoms with E-state index in [0.29, 0.717) is 19.0 Å². The molecule has 0 N–H and O–H groups in total. The van der Waals surface area contributed by atoms with E-state index in [2.05, 4.69) is 9.56 Å². The third-order valence-electron chi connectivity index (χ3n) is 3.11. The molecule has 1 aliphatic rings. The topological polar surface area (TPSA) is 26.5 Å². The standard InChI is InChI=1S/C15H15FN2O/c1-11-10-19-15(17-11)14-3-2-8-18(14)9-12-4-6-13(16)7-5-12/h2-8,11H,9-10H2,1H3/t11-/m1/s1. The van der Waals surface area contributed by atoms with Crippen molar-refractivity contribution >= 4 is 5.90 Å². The quantitative estimate of drug-likeness (QED) is 0.831. The highest BCUT2D eigenvalue weighted by Gasteiger charge is 2.18. The lowest BCUT2D eigenvalue weighted by Gasteiger charge is -2.09. The van der Waals surface area contributed by atoms with E-state index in [-0.39, 0.29) is 11.9 Å². The summed E-state index contributed by atoms with van der Waals surface area (Å²) in [5.41, 5.74) is 2.01. The molecule has 1 aliphatic heterocycles. The van der Waals surface area contributed by atoms with E-state index in [1.807, 2.05) is 25.3 Å². The molecular formula is C15H15FN2O. The van der Waals surface area contributed by atoms with Crippen LogP contribution >= 0.6 is 0 Å². The molecule has 0 saturated carbocycles. The Morgan fingerprint density at radius 1 is 1.32 bits per heavy atom. The summed E-state index contributed by atoms with van der Waals surface area (Å²) >= 11 is 0. The predicted molar refractivity (Wildman–Crippen MR) is 71.9 cm³/mol. The van der Waals surface area contributed by atoms with Gasteiger partial charge in [0.05, 0.1) is 6.04 Å². The van der Waals surface area contributed by atoms with Crippen molar-refractivity contribution in [2.75, 3.05) is 6.61 Å². The molecule has 0 spiro atoms. The van der Waals surface area contributed by atoms with Gasteiger partial charge >= 0.3 is 0 Å². The predicted octanol–water partition coefficient (Wildman–Crippen LogP) is 2.84. The number of benzene rings is 1. The SMILES string of the molecule is C[C@@H]1COC(c2cccn2Cc2ccc(F)cc2)=N1. The van der Waals surface area contributed by atoms with Crippen molar-refractivity contribution in [3.63, 3.8) is 0 Å². The summed E-state index contributed by atoms with van der Waals surface area (Å²) in [4.78, 5) is 4.46. The Hall–Kier alpha value is -2.10. The van der Waals surface area contributed by atoms with Gasteiger partial charge in [-0.05, 0) is 36.8 Å². The fraction of sp³-hybridized carbons (Fsp3) is 0.267. The lowest BCUT2D eigenvalue weighted by molar-refractivity contribution is 0.322. The minimum absolute atomic E-state index is 0.212. The first kappa shape index (κ1) is 12.0. The van der Waals surface area contributed by atoms with Crippen LogP contribution in [0.25, 0.3) is 0 Å². The number of nitrogens with zero attached hydrogens (tertiary/aromatic N) is 2. The van der Waals surface area contributed by atoms with E-state index >= 15 is 0 Å². The molecule has 19 heavy (non-hydrogen) atoms. The number of halogens is 1. The fourth-order valence-corrected chi connectivity index (χ4v) is 2.15. The van der Waals surface area contributed by atoms with Gasteiger partial charge in [-0.2, -0.15) is 0 Å². The van der Waals surface area contributed by atoms with Gasteiger partial charge in [-0.15, -0.1) is 0 Å². The van der Waals surface area contributed by atoms with Crippen LogP contribution in [0.15, 0.2) is 47.6 Å². The van der Waals surface area contributed by atoms with Crippen molar-refractivity contribution in [2.24, 2.45) is 4.99 Å². The minimum atomic E-state index is -0.214. The molecule has 0 amide bonds. The molecule has 2 heterocycles. The zero-order valence-corrected chi connectivity index (χ0v) is 10.7. The second-order valence-corrected chi connectivity index (χ2v) is 4.74. The van der Waals surface area contributed by atoms with Gasteiger partial charge in [-0.3, -0.25) is 0 Å². The summed E-state index contributed by atoms with van der Waals surface area (Å²) in [5, 5.41) is 0. The summed E-state index contributed by atoms with van der Waals surface area (Å²) in [6.07, 6.45) is 1.98. The van der Waals surface area contributed by atoms with Gasteiger partial charge in [0.1, 0.15) is 18.1 Å². The molecule has 3 rings (SSSR count). The lowest BCUT2D eigenvalue weighted by atomic mass is 10.2. The zero-order chi connectivity index (χ0) is 13.2. The van der Waals surface area contributed by atoms with Gasteiger partial charge in [-0.1, -0.05) is 12.1 Å². The summed E-state index contributed by atoms with van der Waals surface area (Å²) in [5.74, 6) is 0.480. The van der Waals surface area contributed by atoms with Crippen molar-refractivity contribution in [1.82, 2.24) is 4.57 Å². The first-order chi connectivity index (χ1) is 9.22. The molecule has 0 saturated heterocycles. The van der Waals surface area contributed by atoms with Crippen LogP contribution in [0.2, 0.25) is 0 Å². The van der Waals surface area contributed by atoms with Gasteiger partial charge in [0.25, 0.3) is 0 Å². The Labute approximate surface area is 111 Å². The molecule has 1 atom stereocenters. The van der Waals surface area contributed by atoms with Crippen molar-refractivity contribution in [3.8, 4) is 0 Å². The Bertz CT molecular complexity index is 601. The molecule has 2 aromatic rings. The number of ether oxygens (including phenoxy) is 1. The van der Waals surface area contributed by atoms with Gasteiger partial charge < -0.3 is 9.30 Å². The molecule has 1 aromatic heterocycles. The number of rotatable bonds is 3. The van der Waals surface area contributed by atoms with Crippen molar-refractivity contribution in [3.05, 3.63) is 59.7 Å². The molecule has 0 radical (unpaired) electrons. The van der Waals surface area contributed by atoms with Gasteiger partial charge in [0, 0.05) is 12.7 Å². The molecule has 0 bridgehead atoms. The molecule has 0 unspecified atom stereocenters. The van der Waals surface area contributed by atoms with Crippen LogP contribution in [-0.4, -0.2) is 23.1 Å². The third-order valence-corrected chi connectivity index (χ3v) is 3.11. The van der Waals surface area contributed by atoms with E-state index in [1.165, 1.54) is 12.1 Å². The van der Waals surface area contributed by atoms with Crippen LogP contribution in [0, 0.1) is 5.82 Å². The normalized spacial score (nSPS) is 18.2. The lowest BCUT2D eigenvalue weighted by Crippen LogP contribution is -2.10. The van der Waals surface area contributed by atoms with E-state index in [4.69, 9.17) is 4.74 Å². The second kappa shape index (κ2) is 4.88. The monoisotopic (exact) mass is 258 g/mol. The van der Waals surface area contributed by atoms with Crippen LogP contribution in [0.4, 0.5) is 4.39 Å². The summed E-state index contributed by atoms with van der Waals surface area (Å²) in [6, 6.07) is 10.7. The highest BCUT2D eigenvalue weighted by molar-refractivity contribution is 5.93. The smallest absolute Gasteiger partial charge is 0.233 e. The van der Waals surface area contributed by atoms with Crippen LogP contribution in [-0.2, 0) is 11.3 Å². The van der Waals surface area contributed by atoms with Crippen LogP contribution in [0.3, 0.4) is 0 Å². The van der Waals surface area contributed by atoms with Crippen LogP contribution in [0.1, 0.15) is 18.2 Å². The molecule has 98 valence electrons.